The summed E-state index contributed by atoms with van der Waals surface area (Å²) in [4.78, 5) is 2.03. The van der Waals surface area contributed by atoms with Gasteiger partial charge in [-0.05, 0) is 18.8 Å². The van der Waals surface area contributed by atoms with Gasteiger partial charge in [-0.15, -0.1) is 0 Å². The van der Waals surface area contributed by atoms with E-state index in [1.165, 1.54) is 0 Å². The summed E-state index contributed by atoms with van der Waals surface area (Å²) in [6.07, 6.45) is 2.19. The van der Waals surface area contributed by atoms with Crippen molar-refractivity contribution in [3.8, 4) is 0 Å². The lowest BCUT2D eigenvalue weighted by atomic mass is 9.89. The first kappa shape index (κ1) is 10.7. The molecule has 0 aromatic rings. The number of ether oxygens (including phenoxy) is 1. The minimum absolute atomic E-state index is 0.216. The molecule has 2 fully saturated rings. The van der Waals surface area contributed by atoms with Crippen LogP contribution in [0.2, 0.25) is 0 Å². The SMILES string of the molecule is N=C(N)N1CCNCC1C1CCOCC1. The van der Waals surface area contributed by atoms with E-state index in [1.807, 2.05) is 4.90 Å². The van der Waals surface area contributed by atoms with Crippen LogP contribution in [0.25, 0.3) is 0 Å². The van der Waals surface area contributed by atoms with E-state index in [9.17, 15) is 0 Å². The van der Waals surface area contributed by atoms with Crippen LogP contribution in [0.4, 0.5) is 0 Å². The maximum atomic E-state index is 7.58. The number of rotatable bonds is 1. The minimum Gasteiger partial charge on any atom is -0.381 e. The highest BCUT2D eigenvalue weighted by Gasteiger charge is 2.31. The topological polar surface area (TPSA) is 74.4 Å². The first-order chi connectivity index (χ1) is 7.29. The summed E-state index contributed by atoms with van der Waals surface area (Å²) in [5.74, 6) is 0.837. The van der Waals surface area contributed by atoms with E-state index in [1.54, 1.807) is 0 Å². The number of nitrogens with two attached hydrogens (primary N) is 1. The molecule has 0 bridgehead atoms. The number of nitrogens with zero attached hydrogens (tertiary/aromatic N) is 1. The quantitative estimate of drug-likeness (QED) is 0.408. The van der Waals surface area contributed by atoms with Crippen LogP contribution >= 0.6 is 0 Å². The van der Waals surface area contributed by atoms with Gasteiger partial charge in [0.25, 0.3) is 0 Å². The Labute approximate surface area is 90.5 Å². The van der Waals surface area contributed by atoms with Crippen LogP contribution in [0.1, 0.15) is 12.8 Å². The van der Waals surface area contributed by atoms with Gasteiger partial charge in [-0.2, -0.15) is 0 Å². The van der Waals surface area contributed by atoms with Crippen molar-refractivity contribution in [3.05, 3.63) is 0 Å². The highest BCUT2D eigenvalue weighted by atomic mass is 16.5. The predicted octanol–water partition coefficient (Wildman–Crippen LogP) is -0.420. The Morgan fingerprint density at radius 1 is 1.40 bits per heavy atom. The van der Waals surface area contributed by atoms with E-state index in [4.69, 9.17) is 15.9 Å². The summed E-state index contributed by atoms with van der Waals surface area (Å²) in [6.45, 7) is 4.45. The first-order valence-corrected chi connectivity index (χ1v) is 5.68. The molecular weight excluding hydrogens is 192 g/mol. The highest BCUT2D eigenvalue weighted by Crippen LogP contribution is 2.23. The molecule has 0 saturated carbocycles. The molecule has 2 rings (SSSR count). The zero-order valence-corrected chi connectivity index (χ0v) is 9.04. The van der Waals surface area contributed by atoms with Crippen molar-refractivity contribution in [2.24, 2.45) is 11.7 Å². The fraction of sp³-hybridized carbons (Fsp3) is 0.900. The third-order valence-corrected chi connectivity index (χ3v) is 3.40. The van der Waals surface area contributed by atoms with Crippen LogP contribution in [0.5, 0.6) is 0 Å². The monoisotopic (exact) mass is 212 g/mol. The van der Waals surface area contributed by atoms with Gasteiger partial charge in [0.05, 0.1) is 0 Å². The normalized spacial score (nSPS) is 29.1. The van der Waals surface area contributed by atoms with Crippen molar-refractivity contribution < 1.29 is 4.74 Å². The van der Waals surface area contributed by atoms with Crippen molar-refractivity contribution in [1.29, 1.82) is 5.41 Å². The van der Waals surface area contributed by atoms with Crippen LogP contribution in [0, 0.1) is 11.3 Å². The Bertz CT molecular complexity index is 227. The summed E-state index contributed by atoms with van der Waals surface area (Å²) in [7, 11) is 0. The lowest BCUT2D eigenvalue weighted by Crippen LogP contribution is -2.58. The Hall–Kier alpha value is -0.810. The molecule has 86 valence electrons. The number of hydrogen-bond acceptors (Lipinski definition) is 3. The van der Waals surface area contributed by atoms with E-state index in [0.29, 0.717) is 12.0 Å². The maximum Gasteiger partial charge on any atom is 0.188 e. The smallest absolute Gasteiger partial charge is 0.188 e. The number of guanidine groups is 1. The van der Waals surface area contributed by atoms with Crippen LogP contribution in [-0.2, 0) is 4.74 Å². The molecule has 2 aliphatic rings. The van der Waals surface area contributed by atoms with Crippen molar-refractivity contribution in [3.63, 3.8) is 0 Å². The molecule has 0 amide bonds. The van der Waals surface area contributed by atoms with Gasteiger partial charge in [-0.1, -0.05) is 0 Å². The van der Waals surface area contributed by atoms with Crippen LogP contribution in [0.15, 0.2) is 0 Å². The summed E-state index contributed by atoms with van der Waals surface area (Å²) in [6, 6.07) is 0.389. The van der Waals surface area contributed by atoms with Gasteiger partial charge in [0.15, 0.2) is 5.96 Å². The van der Waals surface area contributed by atoms with E-state index in [0.717, 1.165) is 45.7 Å². The van der Waals surface area contributed by atoms with Crippen LogP contribution in [-0.4, -0.2) is 49.7 Å². The standard InChI is InChI=1S/C10H20N4O/c11-10(12)14-4-3-13-7-9(14)8-1-5-15-6-2-8/h8-9,13H,1-7H2,(H3,11,12). The Morgan fingerprint density at radius 2 is 2.13 bits per heavy atom. The van der Waals surface area contributed by atoms with Crippen molar-refractivity contribution in [2.75, 3.05) is 32.8 Å². The molecule has 1 atom stereocenters. The molecule has 2 saturated heterocycles. The highest BCUT2D eigenvalue weighted by molar-refractivity contribution is 5.75. The lowest BCUT2D eigenvalue weighted by molar-refractivity contribution is 0.0349. The van der Waals surface area contributed by atoms with E-state index < -0.39 is 0 Å². The predicted molar refractivity (Wildman–Crippen MR) is 58.8 cm³/mol. The number of piperazine rings is 1. The van der Waals surface area contributed by atoms with Crippen molar-refractivity contribution in [1.82, 2.24) is 10.2 Å². The molecule has 0 aromatic heterocycles. The molecule has 0 spiro atoms. The average molecular weight is 212 g/mol. The number of nitrogens with one attached hydrogen (secondary N) is 2. The van der Waals surface area contributed by atoms with E-state index in [2.05, 4.69) is 5.32 Å². The Balaban J connectivity index is 1.99. The fourth-order valence-corrected chi connectivity index (χ4v) is 2.55. The maximum absolute atomic E-state index is 7.58. The van der Waals surface area contributed by atoms with Gasteiger partial charge in [-0.3, -0.25) is 5.41 Å². The average Bonchev–Trinajstić information content (AvgIpc) is 2.30. The van der Waals surface area contributed by atoms with Gasteiger partial charge < -0.3 is 20.7 Å². The fourth-order valence-electron chi connectivity index (χ4n) is 2.55. The second-order valence-corrected chi connectivity index (χ2v) is 4.30. The molecule has 0 aliphatic carbocycles. The zero-order valence-electron chi connectivity index (χ0n) is 9.04. The minimum atomic E-state index is 0.216. The first-order valence-electron chi connectivity index (χ1n) is 5.68. The lowest BCUT2D eigenvalue weighted by Gasteiger charge is -2.42. The molecule has 5 heteroatoms. The van der Waals surface area contributed by atoms with Crippen LogP contribution < -0.4 is 11.1 Å². The molecule has 2 heterocycles. The molecule has 5 nitrogen and oxygen atoms in total. The third kappa shape index (κ3) is 2.41. The van der Waals surface area contributed by atoms with E-state index in [-0.39, 0.29) is 5.96 Å². The van der Waals surface area contributed by atoms with Crippen molar-refractivity contribution >= 4 is 5.96 Å². The molecular formula is C10H20N4O. The van der Waals surface area contributed by atoms with Gasteiger partial charge in [-0.25, -0.2) is 0 Å². The molecule has 1 unspecified atom stereocenters. The van der Waals surface area contributed by atoms with Gasteiger partial charge in [0.2, 0.25) is 0 Å². The Kier molecular flexibility index (Phi) is 3.43. The molecule has 4 N–H and O–H groups in total. The van der Waals surface area contributed by atoms with Gasteiger partial charge in [0, 0.05) is 38.9 Å². The second-order valence-electron chi connectivity index (χ2n) is 4.30. The summed E-state index contributed by atoms with van der Waals surface area (Å²) >= 11 is 0. The van der Waals surface area contributed by atoms with Crippen LogP contribution in [0.3, 0.4) is 0 Å². The molecule has 15 heavy (non-hydrogen) atoms. The van der Waals surface area contributed by atoms with Gasteiger partial charge in [0.1, 0.15) is 0 Å². The van der Waals surface area contributed by atoms with Crippen molar-refractivity contribution in [2.45, 2.75) is 18.9 Å². The third-order valence-electron chi connectivity index (χ3n) is 3.40. The Morgan fingerprint density at radius 3 is 2.80 bits per heavy atom. The number of hydrogen-bond donors (Lipinski definition) is 3. The summed E-state index contributed by atoms with van der Waals surface area (Å²) < 4.78 is 5.36. The zero-order chi connectivity index (χ0) is 10.7. The summed E-state index contributed by atoms with van der Waals surface area (Å²) in [5, 5.41) is 11.0. The molecule has 0 radical (unpaired) electrons. The summed E-state index contributed by atoms with van der Waals surface area (Å²) in [5.41, 5.74) is 5.61. The van der Waals surface area contributed by atoms with Gasteiger partial charge >= 0.3 is 0 Å². The molecule has 2 aliphatic heterocycles. The largest absolute Gasteiger partial charge is 0.381 e. The molecule has 0 aromatic carbocycles. The second kappa shape index (κ2) is 4.81. The van der Waals surface area contributed by atoms with E-state index >= 15 is 0 Å².